The van der Waals surface area contributed by atoms with Crippen LogP contribution in [0.25, 0.3) is 0 Å². The standard InChI is InChI=1S/C29H39N3O3/c1-23-9-7-16-31(20-23)21-25-11-6-5-10-24(25)19-30-29(34)26-12-8-17-32(22-26)28(33)15-18-35-27-13-3-2-4-14-27/h2-6,10-11,13-14,23,26H,7-9,12,15-22H2,1H3,(H,30,34). The zero-order chi connectivity index (χ0) is 24.5. The lowest BCUT2D eigenvalue weighted by molar-refractivity contribution is -0.136. The van der Waals surface area contributed by atoms with Crippen LogP contribution in [0.5, 0.6) is 5.75 Å². The molecular formula is C29H39N3O3. The van der Waals surface area contributed by atoms with Crippen LogP contribution in [0.4, 0.5) is 0 Å². The molecule has 6 heteroatoms. The lowest BCUT2D eigenvalue weighted by atomic mass is 9.96. The number of nitrogens with one attached hydrogen (secondary N) is 1. The molecule has 0 aromatic heterocycles. The van der Waals surface area contributed by atoms with Crippen LogP contribution in [0.3, 0.4) is 0 Å². The van der Waals surface area contributed by atoms with Crippen LogP contribution in [0, 0.1) is 11.8 Å². The monoisotopic (exact) mass is 477 g/mol. The Hall–Kier alpha value is -2.86. The quantitative estimate of drug-likeness (QED) is 0.587. The van der Waals surface area contributed by atoms with Crippen molar-refractivity contribution in [1.82, 2.24) is 15.1 Å². The van der Waals surface area contributed by atoms with E-state index in [1.807, 2.05) is 41.3 Å². The molecular weight excluding hydrogens is 438 g/mol. The number of benzene rings is 2. The molecule has 0 aliphatic carbocycles. The molecule has 0 saturated carbocycles. The maximum atomic E-state index is 13.0. The highest BCUT2D eigenvalue weighted by Gasteiger charge is 2.28. The number of para-hydroxylation sites is 1. The lowest BCUT2D eigenvalue weighted by Crippen LogP contribution is -2.45. The van der Waals surface area contributed by atoms with Gasteiger partial charge in [0.1, 0.15) is 5.75 Å². The van der Waals surface area contributed by atoms with Crippen molar-refractivity contribution in [2.75, 3.05) is 32.8 Å². The first-order valence-electron chi connectivity index (χ1n) is 13.1. The second kappa shape index (κ2) is 12.7. The van der Waals surface area contributed by atoms with Crippen molar-refractivity contribution in [1.29, 1.82) is 0 Å². The van der Waals surface area contributed by atoms with E-state index in [0.29, 0.717) is 32.7 Å². The fraction of sp³-hybridized carbons (Fsp3) is 0.517. The van der Waals surface area contributed by atoms with Crippen LogP contribution in [0.15, 0.2) is 54.6 Å². The van der Waals surface area contributed by atoms with Crippen molar-refractivity contribution >= 4 is 11.8 Å². The zero-order valence-electron chi connectivity index (χ0n) is 21.0. The molecule has 2 heterocycles. The Labute approximate surface area is 209 Å². The maximum absolute atomic E-state index is 13.0. The molecule has 4 rings (SSSR count). The highest BCUT2D eigenvalue weighted by atomic mass is 16.5. The average Bonchev–Trinajstić information content (AvgIpc) is 2.88. The molecule has 0 radical (unpaired) electrons. The highest BCUT2D eigenvalue weighted by molar-refractivity contribution is 5.81. The molecule has 2 unspecified atom stereocenters. The van der Waals surface area contributed by atoms with Crippen LogP contribution in [-0.4, -0.2) is 54.4 Å². The molecule has 0 bridgehead atoms. The van der Waals surface area contributed by atoms with Crippen molar-refractivity contribution in [2.24, 2.45) is 11.8 Å². The number of piperidine rings is 2. The normalized spacial score (nSPS) is 20.9. The predicted octanol–water partition coefficient (Wildman–Crippen LogP) is 4.24. The van der Waals surface area contributed by atoms with Crippen LogP contribution in [0.2, 0.25) is 0 Å². The largest absolute Gasteiger partial charge is 0.493 e. The van der Waals surface area contributed by atoms with Gasteiger partial charge in [-0.05, 0) is 61.4 Å². The van der Waals surface area contributed by atoms with Gasteiger partial charge in [-0.1, -0.05) is 49.4 Å². The van der Waals surface area contributed by atoms with Gasteiger partial charge in [0, 0.05) is 32.7 Å². The van der Waals surface area contributed by atoms with Gasteiger partial charge in [0.25, 0.3) is 0 Å². The average molecular weight is 478 g/mol. The Bertz CT molecular complexity index is 965. The maximum Gasteiger partial charge on any atom is 0.226 e. The van der Waals surface area contributed by atoms with Crippen molar-refractivity contribution in [2.45, 2.75) is 52.1 Å². The lowest BCUT2D eigenvalue weighted by Gasteiger charge is -2.32. The predicted molar refractivity (Wildman–Crippen MR) is 138 cm³/mol. The molecule has 2 amide bonds. The van der Waals surface area contributed by atoms with Gasteiger partial charge in [-0.25, -0.2) is 0 Å². The molecule has 2 atom stereocenters. The molecule has 188 valence electrons. The summed E-state index contributed by atoms with van der Waals surface area (Å²) in [5.74, 6) is 1.46. The second-order valence-corrected chi connectivity index (χ2v) is 10.1. The molecule has 2 fully saturated rings. The summed E-state index contributed by atoms with van der Waals surface area (Å²) in [6.07, 6.45) is 4.58. The number of hydrogen-bond acceptors (Lipinski definition) is 4. The fourth-order valence-corrected chi connectivity index (χ4v) is 5.23. The third-order valence-corrected chi connectivity index (χ3v) is 7.18. The Morgan fingerprint density at radius 2 is 1.69 bits per heavy atom. The molecule has 2 aromatic carbocycles. The molecule has 2 saturated heterocycles. The van der Waals surface area contributed by atoms with E-state index in [2.05, 4.69) is 35.3 Å². The Morgan fingerprint density at radius 1 is 0.943 bits per heavy atom. The van der Waals surface area contributed by atoms with Crippen molar-refractivity contribution < 1.29 is 14.3 Å². The number of ether oxygens (including phenoxy) is 1. The van der Waals surface area contributed by atoms with Crippen molar-refractivity contribution in [3.05, 3.63) is 65.7 Å². The summed E-state index contributed by atoms with van der Waals surface area (Å²) in [6.45, 7) is 7.64. The third-order valence-electron chi connectivity index (χ3n) is 7.18. The second-order valence-electron chi connectivity index (χ2n) is 10.1. The molecule has 6 nitrogen and oxygen atoms in total. The third kappa shape index (κ3) is 7.56. The molecule has 2 aromatic rings. The molecule has 2 aliphatic heterocycles. The summed E-state index contributed by atoms with van der Waals surface area (Å²) in [5, 5.41) is 3.16. The van der Waals surface area contributed by atoms with Gasteiger partial charge in [0.15, 0.2) is 0 Å². The van der Waals surface area contributed by atoms with E-state index in [9.17, 15) is 9.59 Å². The Morgan fingerprint density at radius 3 is 2.49 bits per heavy atom. The summed E-state index contributed by atoms with van der Waals surface area (Å²) in [6, 6.07) is 18.0. The van der Waals surface area contributed by atoms with Gasteiger partial charge in [0.2, 0.25) is 11.8 Å². The first-order valence-corrected chi connectivity index (χ1v) is 13.1. The molecule has 0 spiro atoms. The van der Waals surface area contributed by atoms with Crippen molar-refractivity contribution in [3.8, 4) is 5.75 Å². The highest BCUT2D eigenvalue weighted by Crippen LogP contribution is 2.21. The van der Waals surface area contributed by atoms with Gasteiger partial charge in [0.05, 0.1) is 18.9 Å². The van der Waals surface area contributed by atoms with Crippen LogP contribution >= 0.6 is 0 Å². The van der Waals surface area contributed by atoms with Crippen molar-refractivity contribution in [3.63, 3.8) is 0 Å². The minimum atomic E-state index is -0.155. The van der Waals surface area contributed by atoms with E-state index in [-0.39, 0.29) is 17.7 Å². The van der Waals surface area contributed by atoms with Gasteiger partial charge in [-0.3, -0.25) is 14.5 Å². The van der Waals surface area contributed by atoms with E-state index in [0.717, 1.165) is 44.1 Å². The topological polar surface area (TPSA) is 61.9 Å². The molecule has 1 N–H and O–H groups in total. The van der Waals surface area contributed by atoms with Crippen LogP contribution in [0.1, 0.15) is 50.2 Å². The Balaban J connectivity index is 1.24. The number of hydrogen-bond donors (Lipinski definition) is 1. The number of carbonyl (C=O) groups excluding carboxylic acids is 2. The fourth-order valence-electron chi connectivity index (χ4n) is 5.23. The SMILES string of the molecule is CC1CCCN(Cc2ccccc2CNC(=O)C2CCCN(C(=O)CCOc3ccccc3)C2)C1. The first-order chi connectivity index (χ1) is 17.1. The zero-order valence-corrected chi connectivity index (χ0v) is 21.0. The smallest absolute Gasteiger partial charge is 0.226 e. The van der Waals surface area contributed by atoms with E-state index in [4.69, 9.17) is 4.74 Å². The number of rotatable bonds is 9. The van der Waals surface area contributed by atoms with E-state index in [1.54, 1.807) is 0 Å². The summed E-state index contributed by atoms with van der Waals surface area (Å²) in [7, 11) is 0. The minimum absolute atomic E-state index is 0.0458. The molecule has 2 aliphatic rings. The van der Waals surface area contributed by atoms with Crippen LogP contribution < -0.4 is 10.1 Å². The molecule has 35 heavy (non-hydrogen) atoms. The number of amides is 2. The van der Waals surface area contributed by atoms with E-state index >= 15 is 0 Å². The number of carbonyl (C=O) groups is 2. The van der Waals surface area contributed by atoms with Gasteiger partial charge in [-0.2, -0.15) is 0 Å². The van der Waals surface area contributed by atoms with E-state index in [1.165, 1.54) is 24.0 Å². The summed E-state index contributed by atoms with van der Waals surface area (Å²) in [5.41, 5.74) is 2.47. The minimum Gasteiger partial charge on any atom is -0.493 e. The van der Waals surface area contributed by atoms with Gasteiger partial charge >= 0.3 is 0 Å². The van der Waals surface area contributed by atoms with Gasteiger partial charge < -0.3 is 15.0 Å². The first kappa shape index (κ1) is 25.2. The summed E-state index contributed by atoms with van der Waals surface area (Å²) < 4.78 is 5.67. The van der Waals surface area contributed by atoms with E-state index < -0.39 is 0 Å². The number of nitrogens with zero attached hydrogens (tertiary/aromatic N) is 2. The van der Waals surface area contributed by atoms with Gasteiger partial charge in [-0.15, -0.1) is 0 Å². The number of likely N-dealkylation sites (tertiary alicyclic amines) is 2. The van der Waals surface area contributed by atoms with Crippen LogP contribution in [-0.2, 0) is 22.7 Å². The summed E-state index contributed by atoms with van der Waals surface area (Å²) in [4.78, 5) is 30.1. The Kier molecular flexibility index (Phi) is 9.18. The summed E-state index contributed by atoms with van der Waals surface area (Å²) >= 11 is 0.